The first-order valence-corrected chi connectivity index (χ1v) is 6.35. The standard InChI is InChI=1S/C15H12FN3O2/c1-8-6-12(13-9(2)19-21-15(13)17-8)14(20)18-11-5-3-4-10(16)7-11/h3-7H,1-2H3,(H,18,20). The highest BCUT2D eigenvalue weighted by molar-refractivity contribution is 6.12. The summed E-state index contributed by atoms with van der Waals surface area (Å²) >= 11 is 0. The first kappa shape index (κ1) is 13.2. The van der Waals surface area contributed by atoms with Gasteiger partial charge in [-0.3, -0.25) is 4.79 Å². The SMILES string of the molecule is Cc1cc(C(=O)Nc2cccc(F)c2)c2c(C)noc2n1. The van der Waals surface area contributed by atoms with E-state index in [1.54, 1.807) is 26.0 Å². The van der Waals surface area contributed by atoms with E-state index in [1.807, 2.05) is 0 Å². The molecule has 0 aliphatic heterocycles. The molecule has 2 aromatic heterocycles. The third kappa shape index (κ3) is 2.47. The summed E-state index contributed by atoms with van der Waals surface area (Å²) < 4.78 is 18.3. The van der Waals surface area contributed by atoms with Crippen molar-refractivity contribution in [3.63, 3.8) is 0 Å². The molecule has 1 amide bonds. The molecule has 0 bridgehead atoms. The first-order valence-electron chi connectivity index (χ1n) is 6.35. The molecule has 5 nitrogen and oxygen atoms in total. The molecule has 0 unspecified atom stereocenters. The number of aromatic nitrogens is 2. The second kappa shape index (κ2) is 4.97. The molecule has 6 heteroatoms. The van der Waals surface area contributed by atoms with Crippen LogP contribution in [0.25, 0.3) is 11.1 Å². The van der Waals surface area contributed by atoms with E-state index in [0.29, 0.717) is 33.7 Å². The van der Waals surface area contributed by atoms with Crippen molar-refractivity contribution in [2.75, 3.05) is 5.32 Å². The maximum Gasteiger partial charge on any atom is 0.258 e. The number of nitrogens with one attached hydrogen (secondary N) is 1. The molecule has 0 fully saturated rings. The van der Waals surface area contributed by atoms with Crippen molar-refractivity contribution >= 4 is 22.7 Å². The molecule has 3 rings (SSSR count). The van der Waals surface area contributed by atoms with E-state index in [0.717, 1.165) is 0 Å². The number of hydrogen-bond donors (Lipinski definition) is 1. The quantitative estimate of drug-likeness (QED) is 0.785. The van der Waals surface area contributed by atoms with Crippen molar-refractivity contribution in [1.29, 1.82) is 0 Å². The number of amides is 1. The van der Waals surface area contributed by atoms with E-state index in [4.69, 9.17) is 4.52 Å². The molecule has 0 aliphatic carbocycles. The van der Waals surface area contributed by atoms with Gasteiger partial charge in [0.25, 0.3) is 11.6 Å². The Morgan fingerprint density at radius 1 is 1.29 bits per heavy atom. The average Bonchev–Trinajstić information content (AvgIpc) is 2.79. The molecule has 106 valence electrons. The van der Waals surface area contributed by atoms with Crippen molar-refractivity contribution in [3.05, 3.63) is 53.1 Å². The van der Waals surface area contributed by atoms with Crippen molar-refractivity contribution in [2.24, 2.45) is 0 Å². The number of halogens is 1. The molecule has 0 radical (unpaired) electrons. The summed E-state index contributed by atoms with van der Waals surface area (Å²) in [6.45, 7) is 3.50. The Balaban J connectivity index is 2.03. The molecule has 0 spiro atoms. The molecule has 21 heavy (non-hydrogen) atoms. The lowest BCUT2D eigenvalue weighted by Gasteiger charge is -2.07. The van der Waals surface area contributed by atoms with Gasteiger partial charge in [0.2, 0.25) is 0 Å². The van der Waals surface area contributed by atoms with Crippen LogP contribution < -0.4 is 5.32 Å². The second-order valence-electron chi connectivity index (χ2n) is 4.72. The molecular formula is C15H12FN3O2. The van der Waals surface area contributed by atoms with Gasteiger partial charge in [-0.05, 0) is 38.1 Å². The van der Waals surface area contributed by atoms with Crippen LogP contribution in [0.3, 0.4) is 0 Å². The van der Waals surface area contributed by atoms with Gasteiger partial charge in [-0.25, -0.2) is 9.37 Å². The Morgan fingerprint density at radius 3 is 2.86 bits per heavy atom. The van der Waals surface area contributed by atoms with Crippen molar-refractivity contribution in [3.8, 4) is 0 Å². The lowest BCUT2D eigenvalue weighted by atomic mass is 10.1. The minimum atomic E-state index is -0.412. The van der Waals surface area contributed by atoms with Crippen LogP contribution in [0.4, 0.5) is 10.1 Å². The van der Waals surface area contributed by atoms with E-state index >= 15 is 0 Å². The summed E-state index contributed by atoms with van der Waals surface area (Å²) in [5.41, 5.74) is 2.33. The Kier molecular flexibility index (Phi) is 3.13. The topological polar surface area (TPSA) is 68.0 Å². The monoisotopic (exact) mass is 285 g/mol. The summed E-state index contributed by atoms with van der Waals surface area (Å²) in [5, 5.41) is 7.05. The number of carbonyl (C=O) groups is 1. The van der Waals surface area contributed by atoms with Crippen LogP contribution in [0.2, 0.25) is 0 Å². The minimum Gasteiger partial charge on any atom is -0.336 e. The number of anilines is 1. The number of rotatable bonds is 2. The van der Waals surface area contributed by atoms with Crippen LogP contribution in [0.15, 0.2) is 34.9 Å². The maximum atomic E-state index is 13.2. The summed E-state index contributed by atoms with van der Waals surface area (Å²) in [6, 6.07) is 7.37. The van der Waals surface area contributed by atoms with Crippen molar-refractivity contribution < 1.29 is 13.7 Å². The number of benzene rings is 1. The Morgan fingerprint density at radius 2 is 2.10 bits per heavy atom. The van der Waals surface area contributed by atoms with Gasteiger partial charge in [-0.1, -0.05) is 11.2 Å². The molecular weight excluding hydrogens is 273 g/mol. The average molecular weight is 285 g/mol. The van der Waals surface area contributed by atoms with Gasteiger partial charge in [0, 0.05) is 11.4 Å². The predicted molar refractivity (Wildman–Crippen MR) is 75.6 cm³/mol. The normalized spacial score (nSPS) is 10.8. The van der Waals surface area contributed by atoms with Gasteiger partial charge in [-0.2, -0.15) is 0 Å². The van der Waals surface area contributed by atoms with Gasteiger partial charge >= 0.3 is 0 Å². The van der Waals surface area contributed by atoms with Crippen LogP contribution in [-0.2, 0) is 0 Å². The smallest absolute Gasteiger partial charge is 0.258 e. The molecule has 0 aliphatic rings. The summed E-state index contributed by atoms with van der Waals surface area (Å²) in [7, 11) is 0. The van der Waals surface area contributed by atoms with Gasteiger partial charge < -0.3 is 9.84 Å². The lowest BCUT2D eigenvalue weighted by molar-refractivity contribution is 0.102. The van der Waals surface area contributed by atoms with E-state index in [-0.39, 0.29) is 5.91 Å². The zero-order valence-corrected chi connectivity index (χ0v) is 11.5. The molecule has 0 atom stereocenters. The number of hydrogen-bond acceptors (Lipinski definition) is 4. The number of pyridine rings is 1. The van der Waals surface area contributed by atoms with Crippen LogP contribution in [0.1, 0.15) is 21.7 Å². The fourth-order valence-corrected chi connectivity index (χ4v) is 2.16. The predicted octanol–water partition coefficient (Wildman–Crippen LogP) is 3.23. The summed E-state index contributed by atoms with van der Waals surface area (Å²) in [5.74, 6) is -0.771. The van der Waals surface area contributed by atoms with E-state index in [1.165, 1.54) is 18.2 Å². The fourth-order valence-electron chi connectivity index (χ4n) is 2.16. The number of aryl methyl sites for hydroxylation is 2. The lowest BCUT2D eigenvalue weighted by Crippen LogP contribution is -2.13. The summed E-state index contributed by atoms with van der Waals surface area (Å²) in [6.07, 6.45) is 0. The van der Waals surface area contributed by atoms with E-state index < -0.39 is 5.82 Å². The van der Waals surface area contributed by atoms with Crippen LogP contribution in [0, 0.1) is 19.7 Å². The number of fused-ring (bicyclic) bond motifs is 1. The van der Waals surface area contributed by atoms with Gasteiger partial charge in [0.1, 0.15) is 5.82 Å². The highest BCUT2D eigenvalue weighted by atomic mass is 19.1. The second-order valence-corrected chi connectivity index (χ2v) is 4.72. The summed E-state index contributed by atoms with van der Waals surface area (Å²) in [4.78, 5) is 16.6. The van der Waals surface area contributed by atoms with Crippen LogP contribution >= 0.6 is 0 Å². The van der Waals surface area contributed by atoms with Crippen LogP contribution in [-0.4, -0.2) is 16.0 Å². The zero-order valence-electron chi connectivity index (χ0n) is 11.5. The Bertz CT molecular complexity index is 842. The molecule has 0 saturated carbocycles. The third-order valence-corrected chi connectivity index (χ3v) is 3.07. The van der Waals surface area contributed by atoms with E-state index in [9.17, 15) is 9.18 Å². The molecule has 2 heterocycles. The number of carbonyl (C=O) groups excluding carboxylic acids is 1. The third-order valence-electron chi connectivity index (χ3n) is 3.07. The first-order chi connectivity index (χ1) is 10.0. The van der Waals surface area contributed by atoms with E-state index in [2.05, 4.69) is 15.5 Å². The molecule has 3 aromatic rings. The molecule has 1 aromatic carbocycles. The van der Waals surface area contributed by atoms with Gasteiger partial charge in [-0.15, -0.1) is 0 Å². The molecule has 0 saturated heterocycles. The van der Waals surface area contributed by atoms with Crippen LogP contribution in [0.5, 0.6) is 0 Å². The largest absolute Gasteiger partial charge is 0.336 e. The zero-order chi connectivity index (χ0) is 15.0. The fraction of sp³-hybridized carbons (Fsp3) is 0.133. The highest BCUT2D eigenvalue weighted by Crippen LogP contribution is 2.23. The Hall–Kier alpha value is -2.76. The molecule has 1 N–H and O–H groups in total. The van der Waals surface area contributed by atoms with Crippen molar-refractivity contribution in [1.82, 2.24) is 10.1 Å². The number of nitrogens with zero attached hydrogens (tertiary/aromatic N) is 2. The Labute approximate surface area is 119 Å². The van der Waals surface area contributed by atoms with Gasteiger partial charge in [0.15, 0.2) is 0 Å². The van der Waals surface area contributed by atoms with Crippen molar-refractivity contribution in [2.45, 2.75) is 13.8 Å². The van der Waals surface area contributed by atoms with Gasteiger partial charge in [0.05, 0.1) is 16.6 Å². The maximum absolute atomic E-state index is 13.2. The highest BCUT2D eigenvalue weighted by Gasteiger charge is 2.17. The minimum absolute atomic E-state index is 0.317.